The predicted octanol–water partition coefficient (Wildman–Crippen LogP) is 3.46. The van der Waals surface area contributed by atoms with Crippen molar-refractivity contribution in [3.05, 3.63) is 28.3 Å². The summed E-state index contributed by atoms with van der Waals surface area (Å²) in [5.74, 6) is 1.61. The van der Waals surface area contributed by atoms with Crippen molar-refractivity contribution in [2.75, 3.05) is 6.61 Å². The van der Waals surface area contributed by atoms with Gasteiger partial charge in [0.15, 0.2) is 0 Å². The quantitative estimate of drug-likeness (QED) is 0.874. The molecule has 1 aromatic carbocycles. The van der Waals surface area contributed by atoms with Gasteiger partial charge in [0.25, 0.3) is 0 Å². The Bertz CT molecular complexity index is 426. The van der Waals surface area contributed by atoms with E-state index >= 15 is 0 Å². The molecule has 1 aliphatic carbocycles. The molecular formula is C14H18ClNO. The first-order chi connectivity index (χ1) is 8.25. The molecule has 0 radical (unpaired) electrons. The van der Waals surface area contributed by atoms with Crippen molar-refractivity contribution in [3.8, 4) is 5.75 Å². The molecule has 17 heavy (non-hydrogen) atoms. The lowest BCUT2D eigenvalue weighted by Crippen LogP contribution is -2.19. The molecule has 0 aromatic heterocycles. The van der Waals surface area contributed by atoms with Gasteiger partial charge in [-0.05, 0) is 36.5 Å². The largest absolute Gasteiger partial charge is 0.493 e. The Balaban J connectivity index is 1.96. The summed E-state index contributed by atoms with van der Waals surface area (Å²) in [5, 5.41) is 0.790. The van der Waals surface area contributed by atoms with Crippen LogP contribution < -0.4 is 10.5 Å². The molecule has 1 heterocycles. The number of halogens is 1. The molecule has 0 saturated heterocycles. The van der Waals surface area contributed by atoms with E-state index in [1.807, 2.05) is 12.1 Å². The van der Waals surface area contributed by atoms with Crippen LogP contribution >= 0.6 is 11.6 Å². The molecule has 1 aliphatic heterocycles. The normalized spacial score (nSPS) is 21.3. The summed E-state index contributed by atoms with van der Waals surface area (Å²) in [6, 6.07) is 4.09. The molecule has 1 aromatic rings. The standard InChI is InChI=1S/C14H18ClNO/c15-11-7-10-5-6-17-14(10)12(8-11)13(16)9-3-1-2-4-9/h7-9,13H,1-6,16H2. The molecule has 2 aliphatic rings. The zero-order chi connectivity index (χ0) is 11.8. The molecular weight excluding hydrogens is 234 g/mol. The van der Waals surface area contributed by atoms with Gasteiger partial charge in [0.2, 0.25) is 0 Å². The summed E-state index contributed by atoms with van der Waals surface area (Å²) in [4.78, 5) is 0. The molecule has 0 spiro atoms. The van der Waals surface area contributed by atoms with Crippen LogP contribution in [0.15, 0.2) is 12.1 Å². The lowest BCUT2D eigenvalue weighted by molar-refractivity contribution is 0.343. The van der Waals surface area contributed by atoms with Crippen molar-refractivity contribution in [2.45, 2.75) is 38.1 Å². The van der Waals surface area contributed by atoms with Crippen LogP contribution in [0, 0.1) is 5.92 Å². The molecule has 0 amide bonds. The summed E-state index contributed by atoms with van der Waals surface area (Å²) in [7, 11) is 0. The molecule has 1 saturated carbocycles. The Morgan fingerprint density at radius 3 is 2.82 bits per heavy atom. The van der Waals surface area contributed by atoms with Gasteiger partial charge in [-0.2, -0.15) is 0 Å². The van der Waals surface area contributed by atoms with Gasteiger partial charge in [-0.25, -0.2) is 0 Å². The fourth-order valence-electron chi connectivity index (χ4n) is 3.12. The van der Waals surface area contributed by atoms with Crippen LogP contribution in [0.3, 0.4) is 0 Å². The number of ether oxygens (including phenoxy) is 1. The second kappa shape index (κ2) is 4.51. The van der Waals surface area contributed by atoms with E-state index in [-0.39, 0.29) is 6.04 Å². The molecule has 2 nitrogen and oxygen atoms in total. The van der Waals surface area contributed by atoms with Crippen molar-refractivity contribution in [1.82, 2.24) is 0 Å². The van der Waals surface area contributed by atoms with Crippen molar-refractivity contribution in [2.24, 2.45) is 11.7 Å². The lowest BCUT2D eigenvalue weighted by Gasteiger charge is -2.21. The zero-order valence-electron chi connectivity index (χ0n) is 9.92. The van der Waals surface area contributed by atoms with E-state index < -0.39 is 0 Å². The average molecular weight is 252 g/mol. The molecule has 3 rings (SSSR count). The highest BCUT2D eigenvalue weighted by molar-refractivity contribution is 6.30. The van der Waals surface area contributed by atoms with Crippen LogP contribution in [-0.2, 0) is 6.42 Å². The minimum atomic E-state index is 0.0862. The van der Waals surface area contributed by atoms with Crippen LogP contribution in [0.2, 0.25) is 5.02 Å². The zero-order valence-corrected chi connectivity index (χ0v) is 10.7. The number of fused-ring (bicyclic) bond motifs is 1. The van der Waals surface area contributed by atoms with E-state index in [0.717, 1.165) is 29.4 Å². The third-order valence-corrected chi connectivity index (χ3v) is 4.26. The van der Waals surface area contributed by atoms with Crippen LogP contribution in [-0.4, -0.2) is 6.61 Å². The molecule has 1 atom stereocenters. The second-order valence-electron chi connectivity index (χ2n) is 5.15. The number of hydrogen-bond acceptors (Lipinski definition) is 2. The fourth-order valence-corrected chi connectivity index (χ4v) is 3.37. The SMILES string of the molecule is NC(c1cc(Cl)cc2c1OCC2)C1CCCC1. The Morgan fingerprint density at radius 2 is 2.06 bits per heavy atom. The van der Waals surface area contributed by atoms with Gasteiger partial charge in [0.05, 0.1) is 6.61 Å². The van der Waals surface area contributed by atoms with Gasteiger partial charge >= 0.3 is 0 Å². The Hall–Kier alpha value is -0.730. The predicted molar refractivity (Wildman–Crippen MR) is 69.5 cm³/mol. The van der Waals surface area contributed by atoms with Crippen LogP contribution in [0.5, 0.6) is 5.75 Å². The first kappa shape index (κ1) is 11.4. The first-order valence-corrected chi connectivity index (χ1v) is 6.84. The molecule has 1 unspecified atom stereocenters. The molecule has 3 heteroatoms. The van der Waals surface area contributed by atoms with E-state index in [2.05, 4.69) is 0 Å². The van der Waals surface area contributed by atoms with Crippen LogP contribution in [0.4, 0.5) is 0 Å². The van der Waals surface area contributed by atoms with Crippen molar-refractivity contribution in [1.29, 1.82) is 0 Å². The second-order valence-corrected chi connectivity index (χ2v) is 5.59. The van der Waals surface area contributed by atoms with Gasteiger partial charge < -0.3 is 10.5 Å². The third kappa shape index (κ3) is 2.04. The number of hydrogen-bond donors (Lipinski definition) is 1. The maximum Gasteiger partial charge on any atom is 0.127 e. The topological polar surface area (TPSA) is 35.2 Å². The number of rotatable bonds is 2. The lowest BCUT2D eigenvalue weighted by atomic mass is 9.91. The summed E-state index contributed by atoms with van der Waals surface area (Å²) >= 11 is 6.17. The smallest absolute Gasteiger partial charge is 0.127 e. The van der Waals surface area contributed by atoms with Crippen LogP contribution in [0.1, 0.15) is 42.9 Å². The molecule has 1 fully saturated rings. The van der Waals surface area contributed by atoms with Gasteiger partial charge in [0, 0.05) is 23.0 Å². The van der Waals surface area contributed by atoms with Crippen molar-refractivity contribution < 1.29 is 4.74 Å². The fraction of sp³-hybridized carbons (Fsp3) is 0.571. The van der Waals surface area contributed by atoms with E-state index in [9.17, 15) is 0 Å². The average Bonchev–Trinajstić information content (AvgIpc) is 2.97. The van der Waals surface area contributed by atoms with Crippen molar-refractivity contribution in [3.63, 3.8) is 0 Å². The number of benzene rings is 1. The van der Waals surface area contributed by atoms with Crippen LogP contribution in [0.25, 0.3) is 0 Å². The summed E-state index contributed by atoms with van der Waals surface area (Å²) in [5.41, 5.74) is 8.75. The minimum Gasteiger partial charge on any atom is -0.493 e. The Kier molecular flexibility index (Phi) is 3.01. The van der Waals surface area contributed by atoms with E-state index in [1.54, 1.807) is 0 Å². The van der Waals surface area contributed by atoms with E-state index in [1.165, 1.54) is 31.2 Å². The highest BCUT2D eigenvalue weighted by Gasteiger charge is 2.28. The molecule has 0 bridgehead atoms. The summed E-state index contributed by atoms with van der Waals surface area (Å²) in [6.07, 6.45) is 6.05. The number of nitrogens with two attached hydrogens (primary N) is 1. The van der Waals surface area contributed by atoms with E-state index in [4.69, 9.17) is 22.1 Å². The van der Waals surface area contributed by atoms with Crippen molar-refractivity contribution >= 4 is 11.6 Å². The Labute approximate surface area is 107 Å². The maximum atomic E-state index is 6.40. The third-order valence-electron chi connectivity index (χ3n) is 4.04. The monoisotopic (exact) mass is 251 g/mol. The van der Waals surface area contributed by atoms with Gasteiger partial charge in [-0.15, -0.1) is 0 Å². The summed E-state index contributed by atoms with van der Waals surface area (Å²) in [6.45, 7) is 0.764. The highest BCUT2D eigenvalue weighted by Crippen LogP contribution is 2.41. The van der Waals surface area contributed by atoms with E-state index in [0.29, 0.717) is 5.92 Å². The summed E-state index contributed by atoms with van der Waals surface area (Å²) < 4.78 is 5.73. The van der Waals surface area contributed by atoms with Gasteiger partial charge in [-0.3, -0.25) is 0 Å². The molecule has 92 valence electrons. The Morgan fingerprint density at radius 1 is 1.29 bits per heavy atom. The highest BCUT2D eigenvalue weighted by atomic mass is 35.5. The van der Waals surface area contributed by atoms with Gasteiger partial charge in [-0.1, -0.05) is 24.4 Å². The molecule has 2 N–H and O–H groups in total. The first-order valence-electron chi connectivity index (χ1n) is 6.46. The maximum absolute atomic E-state index is 6.40. The van der Waals surface area contributed by atoms with Gasteiger partial charge in [0.1, 0.15) is 5.75 Å². The minimum absolute atomic E-state index is 0.0862.